The Morgan fingerprint density at radius 2 is 2.12 bits per heavy atom. The summed E-state index contributed by atoms with van der Waals surface area (Å²) < 4.78 is 11.7. The van der Waals surface area contributed by atoms with Gasteiger partial charge in [-0.25, -0.2) is 0 Å². The number of carbonyl (C=O) groups is 1. The molecule has 1 aromatic carbocycles. The zero-order chi connectivity index (χ0) is 12.4. The van der Waals surface area contributed by atoms with Crippen molar-refractivity contribution in [2.75, 3.05) is 7.11 Å². The molecule has 17 heavy (non-hydrogen) atoms. The zero-order valence-corrected chi connectivity index (χ0v) is 12.6. The van der Waals surface area contributed by atoms with Gasteiger partial charge < -0.3 is 9.15 Å². The second kappa shape index (κ2) is 5.22. The van der Waals surface area contributed by atoms with Gasteiger partial charge in [0.15, 0.2) is 4.67 Å². The summed E-state index contributed by atoms with van der Waals surface area (Å²) in [6.07, 6.45) is 1.47. The monoisotopic (exact) mass is 406 g/mol. The quantitative estimate of drug-likeness (QED) is 0.573. The Kier molecular flexibility index (Phi) is 3.88. The number of rotatable bonds is 3. The lowest BCUT2D eigenvalue weighted by Gasteiger charge is -2.07. The molecule has 2 aromatic rings. The van der Waals surface area contributed by atoms with E-state index >= 15 is 0 Å². The molecule has 0 saturated carbocycles. The average Bonchev–Trinajstić information content (AvgIpc) is 2.74. The van der Waals surface area contributed by atoms with E-state index in [1.165, 1.54) is 6.26 Å². The first-order valence-electron chi connectivity index (χ1n) is 4.74. The molecule has 0 radical (unpaired) electrons. The first kappa shape index (κ1) is 12.6. The summed E-state index contributed by atoms with van der Waals surface area (Å²) in [6, 6.07) is 7.09. The Bertz CT molecular complexity index is 563. The van der Waals surface area contributed by atoms with E-state index in [1.54, 1.807) is 25.3 Å². The Hall–Kier alpha value is -0.820. The lowest BCUT2D eigenvalue weighted by Crippen LogP contribution is -2.04. The molecule has 0 saturated heterocycles. The van der Waals surface area contributed by atoms with Crippen molar-refractivity contribution in [2.45, 2.75) is 0 Å². The fourth-order valence-corrected chi connectivity index (χ4v) is 2.37. The van der Waals surface area contributed by atoms with Gasteiger partial charge in [-0.2, -0.15) is 0 Å². The summed E-state index contributed by atoms with van der Waals surface area (Å²) in [5.74, 6) is 0.435. The number of benzene rings is 1. The van der Waals surface area contributed by atoms with E-state index < -0.39 is 0 Å². The Morgan fingerprint density at radius 1 is 1.35 bits per heavy atom. The molecule has 0 amide bonds. The van der Waals surface area contributed by atoms with Gasteiger partial charge in [0.2, 0.25) is 5.78 Å². The van der Waals surface area contributed by atoms with Gasteiger partial charge >= 0.3 is 0 Å². The van der Waals surface area contributed by atoms with Crippen molar-refractivity contribution in [3.05, 3.63) is 49.9 Å². The van der Waals surface area contributed by atoms with Crippen molar-refractivity contribution in [1.29, 1.82) is 0 Å². The van der Waals surface area contributed by atoms with Crippen LogP contribution >= 0.6 is 38.5 Å². The van der Waals surface area contributed by atoms with Crippen LogP contribution in [0.4, 0.5) is 0 Å². The van der Waals surface area contributed by atoms with Crippen LogP contribution in [-0.2, 0) is 0 Å². The molecule has 5 heteroatoms. The summed E-state index contributed by atoms with van der Waals surface area (Å²) in [5, 5.41) is 0. The minimum absolute atomic E-state index is 0.124. The van der Waals surface area contributed by atoms with Crippen LogP contribution in [-0.4, -0.2) is 12.9 Å². The largest absolute Gasteiger partial charge is 0.496 e. The maximum atomic E-state index is 12.3. The Balaban J connectivity index is 2.50. The topological polar surface area (TPSA) is 39.4 Å². The van der Waals surface area contributed by atoms with Crippen molar-refractivity contribution < 1.29 is 13.9 Å². The van der Waals surface area contributed by atoms with Crippen LogP contribution < -0.4 is 4.74 Å². The Labute approximate surface area is 120 Å². The molecule has 0 N–H and O–H groups in total. The number of ketones is 1. The van der Waals surface area contributed by atoms with Crippen LogP contribution in [0.3, 0.4) is 0 Å². The van der Waals surface area contributed by atoms with Gasteiger partial charge in [0.05, 0.1) is 24.5 Å². The highest BCUT2D eigenvalue weighted by molar-refractivity contribution is 14.1. The molecule has 0 atom stereocenters. The van der Waals surface area contributed by atoms with Crippen LogP contribution in [0, 0.1) is 3.57 Å². The van der Waals surface area contributed by atoms with E-state index in [0.29, 0.717) is 21.5 Å². The predicted molar refractivity (Wildman–Crippen MR) is 75.6 cm³/mol. The van der Waals surface area contributed by atoms with E-state index in [9.17, 15) is 4.79 Å². The van der Waals surface area contributed by atoms with E-state index in [4.69, 9.17) is 9.15 Å². The third kappa shape index (κ3) is 2.55. The van der Waals surface area contributed by atoms with Gasteiger partial charge in [-0.1, -0.05) is 0 Å². The minimum atomic E-state index is -0.124. The highest BCUT2D eigenvalue weighted by Gasteiger charge is 2.19. The van der Waals surface area contributed by atoms with E-state index in [0.717, 1.165) is 3.57 Å². The van der Waals surface area contributed by atoms with Gasteiger partial charge in [-0.15, -0.1) is 0 Å². The second-order valence-electron chi connectivity index (χ2n) is 3.28. The van der Waals surface area contributed by atoms with Gasteiger partial charge in [-0.3, -0.25) is 4.79 Å². The molecule has 2 rings (SSSR count). The number of halogens is 2. The average molecular weight is 407 g/mol. The molecule has 1 aromatic heterocycles. The summed E-state index contributed by atoms with van der Waals surface area (Å²) in [7, 11) is 1.55. The molecule has 3 nitrogen and oxygen atoms in total. The number of hydrogen-bond acceptors (Lipinski definition) is 3. The van der Waals surface area contributed by atoms with Crippen LogP contribution in [0.5, 0.6) is 5.75 Å². The molecule has 0 spiro atoms. The molecule has 88 valence electrons. The van der Waals surface area contributed by atoms with Crippen molar-refractivity contribution in [1.82, 2.24) is 0 Å². The minimum Gasteiger partial charge on any atom is -0.496 e. The van der Waals surface area contributed by atoms with Crippen molar-refractivity contribution in [3.63, 3.8) is 0 Å². The van der Waals surface area contributed by atoms with Crippen molar-refractivity contribution >= 4 is 44.3 Å². The van der Waals surface area contributed by atoms with Crippen molar-refractivity contribution in [2.24, 2.45) is 0 Å². The third-order valence-corrected chi connectivity index (χ3v) is 3.55. The number of furan rings is 1. The molecule has 0 aliphatic heterocycles. The first-order chi connectivity index (χ1) is 8.13. The maximum Gasteiger partial charge on any atom is 0.201 e. The summed E-state index contributed by atoms with van der Waals surface area (Å²) in [5.41, 5.74) is 1.02. The number of carbonyl (C=O) groups excluding carboxylic acids is 1. The van der Waals surface area contributed by atoms with Gasteiger partial charge in [0.1, 0.15) is 5.75 Å². The van der Waals surface area contributed by atoms with Crippen molar-refractivity contribution in [3.8, 4) is 5.75 Å². The van der Waals surface area contributed by atoms with E-state index in [1.807, 2.05) is 6.07 Å². The van der Waals surface area contributed by atoms with Crippen LogP contribution in [0.15, 0.2) is 39.6 Å². The number of hydrogen-bond donors (Lipinski definition) is 0. The third-order valence-electron chi connectivity index (χ3n) is 2.27. The summed E-state index contributed by atoms with van der Waals surface area (Å²) in [6.45, 7) is 0. The fraction of sp³-hybridized carbons (Fsp3) is 0.0833. The fourth-order valence-electron chi connectivity index (χ4n) is 1.46. The molecule has 0 aliphatic rings. The zero-order valence-electron chi connectivity index (χ0n) is 8.87. The summed E-state index contributed by atoms with van der Waals surface area (Å²) >= 11 is 5.35. The molecular formula is C12H8BrIO3. The molecule has 0 bridgehead atoms. The lowest BCUT2D eigenvalue weighted by molar-refractivity contribution is 0.103. The molecule has 0 fully saturated rings. The van der Waals surface area contributed by atoms with Gasteiger partial charge in [0.25, 0.3) is 0 Å². The lowest BCUT2D eigenvalue weighted by atomic mass is 10.1. The highest BCUT2D eigenvalue weighted by Crippen LogP contribution is 2.27. The van der Waals surface area contributed by atoms with Crippen LogP contribution in [0.1, 0.15) is 15.9 Å². The van der Waals surface area contributed by atoms with E-state index in [-0.39, 0.29) is 5.78 Å². The number of methoxy groups -OCH3 is 1. The smallest absolute Gasteiger partial charge is 0.201 e. The molecule has 0 unspecified atom stereocenters. The maximum absolute atomic E-state index is 12.3. The molecular weight excluding hydrogens is 399 g/mol. The second-order valence-corrected chi connectivity index (χ2v) is 5.25. The standard InChI is InChI=1S/C12H8BrIO3/c1-16-10-3-2-7(14)6-9(10)11(15)8-4-5-17-12(8)13/h2-6H,1H3. The highest BCUT2D eigenvalue weighted by atomic mass is 127. The molecule has 1 heterocycles. The van der Waals surface area contributed by atoms with E-state index in [2.05, 4.69) is 38.5 Å². The SMILES string of the molecule is COc1ccc(I)cc1C(=O)c1ccoc1Br. The predicted octanol–water partition coefficient (Wildman–Crippen LogP) is 3.89. The van der Waals surface area contributed by atoms with Crippen LogP contribution in [0.25, 0.3) is 0 Å². The molecule has 0 aliphatic carbocycles. The first-order valence-corrected chi connectivity index (χ1v) is 6.62. The Morgan fingerprint density at radius 3 is 2.71 bits per heavy atom. The normalized spacial score (nSPS) is 10.3. The summed E-state index contributed by atoms with van der Waals surface area (Å²) in [4.78, 5) is 12.3. The van der Waals surface area contributed by atoms with Gasteiger partial charge in [0, 0.05) is 3.57 Å². The number of ether oxygens (including phenoxy) is 1. The van der Waals surface area contributed by atoms with Crippen LogP contribution in [0.2, 0.25) is 0 Å². The van der Waals surface area contributed by atoms with Gasteiger partial charge in [-0.05, 0) is 62.8 Å².